The van der Waals surface area contributed by atoms with Gasteiger partial charge in [0.25, 0.3) is 0 Å². The monoisotopic (exact) mass is 452 g/mol. The van der Waals surface area contributed by atoms with Crippen LogP contribution in [0.15, 0.2) is 24.3 Å². The first-order valence-corrected chi connectivity index (χ1v) is 10.4. The van der Waals surface area contributed by atoms with E-state index in [9.17, 15) is 24.3 Å². The quantitative estimate of drug-likeness (QED) is 0.440. The van der Waals surface area contributed by atoms with Crippen molar-refractivity contribution in [1.29, 1.82) is 0 Å². The molecule has 0 amide bonds. The van der Waals surface area contributed by atoms with Crippen molar-refractivity contribution >= 4 is 23.9 Å². The highest BCUT2D eigenvalue weighted by atomic mass is 16.7. The number of hydrogen-bond acceptors (Lipinski definition) is 9. The summed E-state index contributed by atoms with van der Waals surface area (Å²) in [6.45, 7) is 6.35. The van der Waals surface area contributed by atoms with Crippen molar-refractivity contribution in [3.63, 3.8) is 0 Å². The molecule has 1 aliphatic rings. The molecule has 1 fully saturated rings. The summed E-state index contributed by atoms with van der Waals surface area (Å²) in [6.07, 6.45) is -5.64. The van der Waals surface area contributed by atoms with Crippen LogP contribution in [0.5, 0.6) is 5.75 Å². The lowest BCUT2D eigenvalue weighted by atomic mass is 9.98. The molecule has 10 heteroatoms. The molecule has 176 valence electrons. The summed E-state index contributed by atoms with van der Waals surface area (Å²) in [6, 6.07) is 5.87. The average molecular weight is 452 g/mol. The van der Waals surface area contributed by atoms with Gasteiger partial charge in [0.05, 0.1) is 6.10 Å². The van der Waals surface area contributed by atoms with Crippen LogP contribution in [0.4, 0.5) is 0 Å². The summed E-state index contributed by atoms with van der Waals surface area (Å²) in [5.74, 6) is -3.05. The van der Waals surface area contributed by atoms with Gasteiger partial charge in [0, 0.05) is 19.3 Å². The summed E-state index contributed by atoms with van der Waals surface area (Å²) in [7, 11) is 0. The Bertz CT molecular complexity index is 836. The smallest absolute Gasteiger partial charge is 0.339 e. The molecule has 10 nitrogen and oxygen atoms in total. The van der Waals surface area contributed by atoms with Gasteiger partial charge in [0.2, 0.25) is 12.4 Å². The second-order valence-corrected chi connectivity index (χ2v) is 7.05. The van der Waals surface area contributed by atoms with Crippen LogP contribution in [0.1, 0.15) is 57.3 Å². The zero-order chi connectivity index (χ0) is 23.8. The van der Waals surface area contributed by atoms with Crippen molar-refractivity contribution in [3.05, 3.63) is 29.8 Å². The van der Waals surface area contributed by atoms with Crippen LogP contribution in [0, 0.1) is 0 Å². The molecule has 0 aromatic heterocycles. The zero-order valence-corrected chi connectivity index (χ0v) is 18.4. The molecule has 1 aromatic carbocycles. The van der Waals surface area contributed by atoms with Gasteiger partial charge in [-0.2, -0.15) is 0 Å². The lowest BCUT2D eigenvalue weighted by Crippen LogP contribution is -2.62. The van der Waals surface area contributed by atoms with E-state index in [1.807, 2.05) is 0 Å². The number of carbonyl (C=O) groups is 4. The highest BCUT2D eigenvalue weighted by Crippen LogP contribution is 2.32. The van der Waals surface area contributed by atoms with Crippen molar-refractivity contribution in [1.82, 2.24) is 0 Å². The molecule has 0 saturated carbocycles. The van der Waals surface area contributed by atoms with Crippen LogP contribution in [0.25, 0.3) is 0 Å². The molecule has 32 heavy (non-hydrogen) atoms. The van der Waals surface area contributed by atoms with Crippen molar-refractivity contribution in [2.24, 2.45) is 0 Å². The van der Waals surface area contributed by atoms with Gasteiger partial charge in [-0.1, -0.05) is 32.9 Å². The topological polar surface area (TPSA) is 135 Å². The van der Waals surface area contributed by atoms with E-state index in [4.69, 9.17) is 23.7 Å². The van der Waals surface area contributed by atoms with E-state index in [1.54, 1.807) is 33.8 Å². The number of para-hydroxylation sites is 1. The van der Waals surface area contributed by atoms with E-state index >= 15 is 0 Å². The number of carbonyl (C=O) groups excluding carboxylic acids is 3. The first kappa shape index (κ1) is 25.1. The molecule has 1 aromatic rings. The number of rotatable bonds is 9. The van der Waals surface area contributed by atoms with Crippen LogP contribution in [0.3, 0.4) is 0 Å². The van der Waals surface area contributed by atoms with E-state index in [-0.39, 0.29) is 30.6 Å². The summed E-state index contributed by atoms with van der Waals surface area (Å²) in [4.78, 5) is 47.8. The number of hydrogen-bond donors (Lipinski definition) is 1. The molecule has 1 saturated heterocycles. The molecule has 0 aliphatic carbocycles. The Balaban J connectivity index is 2.46. The Morgan fingerprint density at radius 1 is 0.844 bits per heavy atom. The summed E-state index contributed by atoms with van der Waals surface area (Å²) in [5, 5.41) is 9.43. The summed E-state index contributed by atoms with van der Waals surface area (Å²) < 4.78 is 28.0. The minimum Gasteiger partial charge on any atom is -0.478 e. The van der Waals surface area contributed by atoms with Crippen LogP contribution < -0.4 is 4.74 Å². The maximum Gasteiger partial charge on any atom is 0.339 e. The maximum atomic E-state index is 12.1. The fourth-order valence-corrected chi connectivity index (χ4v) is 3.07. The van der Waals surface area contributed by atoms with Crippen LogP contribution in [-0.4, -0.2) is 59.7 Å². The first-order chi connectivity index (χ1) is 15.2. The van der Waals surface area contributed by atoms with E-state index < -0.39 is 54.6 Å². The molecular formula is C22H28O10. The first-order valence-electron chi connectivity index (χ1n) is 10.4. The highest BCUT2D eigenvalue weighted by molar-refractivity contribution is 5.90. The number of ether oxygens (including phenoxy) is 5. The molecule has 0 radical (unpaired) electrons. The van der Waals surface area contributed by atoms with Gasteiger partial charge in [-0.05, 0) is 19.1 Å². The molecular weight excluding hydrogens is 424 g/mol. The Labute approximate surface area is 185 Å². The average Bonchev–Trinajstić information content (AvgIpc) is 2.78. The predicted octanol–water partition coefficient (Wildman–Crippen LogP) is 2.47. The van der Waals surface area contributed by atoms with Crippen molar-refractivity contribution in [2.75, 3.05) is 0 Å². The predicted molar refractivity (Wildman–Crippen MR) is 109 cm³/mol. The Morgan fingerprint density at radius 2 is 1.34 bits per heavy atom. The molecule has 2 rings (SSSR count). The number of benzene rings is 1. The van der Waals surface area contributed by atoms with Gasteiger partial charge in [-0.15, -0.1) is 0 Å². The normalized spacial score (nSPS) is 24.8. The standard InChI is InChI=1S/C22H28O10/c1-5-15(23)30-18-12(4)28-22(29-14-11-9-8-10-13(14)21(26)27)20(32-17(25)7-3)19(18)31-16(24)6-2/h8-12,18-20,22H,5-7H2,1-4H3,(H,26,27)/t12-,18+,19+,20-,22?/m0/s1. The minimum absolute atomic E-state index is 0.0122. The largest absolute Gasteiger partial charge is 0.478 e. The van der Waals surface area contributed by atoms with Crippen LogP contribution in [0.2, 0.25) is 0 Å². The van der Waals surface area contributed by atoms with Gasteiger partial charge >= 0.3 is 23.9 Å². The Hall–Kier alpha value is -3.14. The minimum atomic E-state index is -1.33. The molecule has 5 atom stereocenters. The van der Waals surface area contributed by atoms with Gasteiger partial charge in [-0.3, -0.25) is 14.4 Å². The van der Waals surface area contributed by atoms with Crippen LogP contribution in [-0.2, 0) is 33.3 Å². The molecule has 0 spiro atoms. The van der Waals surface area contributed by atoms with Crippen molar-refractivity contribution in [2.45, 2.75) is 77.7 Å². The number of esters is 3. The Morgan fingerprint density at radius 3 is 1.88 bits per heavy atom. The summed E-state index contributed by atoms with van der Waals surface area (Å²) in [5.41, 5.74) is -0.133. The highest BCUT2D eigenvalue weighted by Gasteiger charge is 2.52. The molecule has 1 unspecified atom stereocenters. The van der Waals surface area contributed by atoms with Gasteiger partial charge < -0.3 is 28.8 Å². The lowest BCUT2D eigenvalue weighted by molar-refractivity contribution is -0.281. The number of carboxylic acid groups (broad SMARTS) is 1. The van der Waals surface area contributed by atoms with Gasteiger partial charge in [-0.25, -0.2) is 4.79 Å². The van der Waals surface area contributed by atoms with Crippen molar-refractivity contribution in [3.8, 4) is 5.75 Å². The second kappa shape index (κ2) is 11.5. The van der Waals surface area contributed by atoms with E-state index in [0.717, 1.165) is 0 Å². The van der Waals surface area contributed by atoms with Crippen molar-refractivity contribution < 1.29 is 48.0 Å². The Kier molecular flexibility index (Phi) is 9.01. The second-order valence-electron chi connectivity index (χ2n) is 7.05. The molecule has 1 aliphatic heterocycles. The van der Waals surface area contributed by atoms with E-state index in [0.29, 0.717) is 0 Å². The third-order valence-corrected chi connectivity index (χ3v) is 4.76. The fraction of sp³-hybridized carbons (Fsp3) is 0.545. The molecule has 0 bridgehead atoms. The zero-order valence-electron chi connectivity index (χ0n) is 18.4. The van der Waals surface area contributed by atoms with Gasteiger partial charge in [0.1, 0.15) is 11.3 Å². The van der Waals surface area contributed by atoms with E-state index in [1.165, 1.54) is 18.2 Å². The number of carboxylic acids is 1. The molecule has 1 heterocycles. The third-order valence-electron chi connectivity index (χ3n) is 4.76. The summed E-state index contributed by atoms with van der Waals surface area (Å²) >= 11 is 0. The SMILES string of the molecule is CCC(=O)O[C@@H]1[C@H](OC(=O)CC)[C@H](C)OC(Oc2ccccc2C(=O)O)[C@H]1OC(=O)CC. The van der Waals surface area contributed by atoms with Gasteiger partial charge in [0.15, 0.2) is 12.2 Å². The molecule has 1 N–H and O–H groups in total. The van der Waals surface area contributed by atoms with E-state index in [2.05, 4.69) is 0 Å². The fourth-order valence-electron chi connectivity index (χ4n) is 3.07. The number of aromatic carboxylic acids is 1. The third kappa shape index (κ3) is 6.19. The van der Waals surface area contributed by atoms with Crippen LogP contribution >= 0.6 is 0 Å². The lowest BCUT2D eigenvalue weighted by Gasteiger charge is -2.43. The maximum absolute atomic E-state index is 12.1.